The third-order valence-electron chi connectivity index (χ3n) is 5.24. The zero-order valence-corrected chi connectivity index (χ0v) is 20.5. The van der Waals surface area contributed by atoms with Gasteiger partial charge in [0.15, 0.2) is 6.29 Å². The standard InChI is InChI=1S/C24H26F3IO5/c1-3-7-21-31-14-20(30-13-17-10-11-18(12-19(17)28)24(25,26)27)22(33-21)15(2)32-23(29)16-8-5-4-6-9-16/h4-6,8-12,15,20-22H,3,7,13-14H2,1-2H3/t15?,20-,21+,22-/m1/s1. The number of hydrogen-bond acceptors (Lipinski definition) is 5. The van der Waals surface area contributed by atoms with Gasteiger partial charge in [-0.3, -0.25) is 0 Å². The van der Waals surface area contributed by atoms with E-state index in [1.54, 1.807) is 31.2 Å². The smallest absolute Gasteiger partial charge is 0.416 e. The van der Waals surface area contributed by atoms with E-state index in [0.29, 0.717) is 21.1 Å². The molecule has 2 aromatic carbocycles. The van der Waals surface area contributed by atoms with Crippen LogP contribution in [0.1, 0.15) is 48.2 Å². The quantitative estimate of drug-likeness (QED) is 0.285. The summed E-state index contributed by atoms with van der Waals surface area (Å²) in [5.74, 6) is -0.471. The lowest BCUT2D eigenvalue weighted by Gasteiger charge is -2.39. The van der Waals surface area contributed by atoms with E-state index < -0.39 is 42.3 Å². The molecular formula is C24H26F3IO5. The second kappa shape index (κ2) is 11.6. The predicted molar refractivity (Wildman–Crippen MR) is 124 cm³/mol. The van der Waals surface area contributed by atoms with Crippen molar-refractivity contribution < 1.29 is 36.9 Å². The molecule has 2 aromatic rings. The number of halogens is 4. The second-order valence-corrected chi connectivity index (χ2v) is 8.94. The summed E-state index contributed by atoms with van der Waals surface area (Å²) in [7, 11) is 0. The molecule has 0 amide bonds. The molecular weight excluding hydrogens is 552 g/mol. The molecule has 0 N–H and O–H groups in total. The largest absolute Gasteiger partial charge is 0.456 e. The van der Waals surface area contributed by atoms with E-state index in [1.165, 1.54) is 6.07 Å². The van der Waals surface area contributed by atoms with Crippen LogP contribution in [0.15, 0.2) is 48.5 Å². The van der Waals surface area contributed by atoms with Crippen molar-refractivity contribution in [3.05, 3.63) is 68.8 Å². The fourth-order valence-electron chi connectivity index (χ4n) is 3.46. The van der Waals surface area contributed by atoms with Gasteiger partial charge < -0.3 is 18.9 Å². The van der Waals surface area contributed by atoms with Gasteiger partial charge in [-0.25, -0.2) is 4.79 Å². The summed E-state index contributed by atoms with van der Waals surface area (Å²) in [6, 6.07) is 12.2. The van der Waals surface area contributed by atoms with E-state index in [-0.39, 0.29) is 13.2 Å². The van der Waals surface area contributed by atoms with Crippen molar-refractivity contribution in [2.75, 3.05) is 6.61 Å². The van der Waals surface area contributed by atoms with Crippen molar-refractivity contribution in [1.29, 1.82) is 0 Å². The maximum Gasteiger partial charge on any atom is 0.416 e. The van der Waals surface area contributed by atoms with Crippen molar-refractivity contribution in [1.82, 2.24) is 0 Å². The van der Waals surface area contributed by atoms with Gasteiger partial charge in [-0.05, 0) is 65.8 Å². The van der Waals surface area contributed by atoms with Gasteiger partial charge in [0, 0.05) is 3.57 Å². The van der Waals surface area contributed by atoms with Crippen molar-refractivity contribution in [2.45, 2.75) is 64.1 Å². The van der Waals surface area contributed by atoms with Crippen molar-refractivity contribution in [3.8, 4) is 0 Å². The van der Waals surface area contributed by atoms with Gasteiger partial charge in [-0.1, -0.05) is 37.6 Å². The Balaban J connectivity index is 1.69. The van der Waals surface area contributed by atoms with Crippen LogP contribution >= 0.6 is 22.6 Å². The van der Waals surface area contributed by atoms with Gasteiger partial charge >= 0.3 is 12.1 Å². The average molecular weight is 578 g/mol. The Morgan fingerprint density at radius 3 is 2.58 bits per heavy atom. The number of ether oxygens (including phenoxy) is 4. The molecule has 180 valence electrons. The first kappa shape index (κ1) is 25.9. The number of esters is 1. The van der Waals surface area contributed by atoms with Gasteiger partial charge in [-0.2, -0.15) is 13.2 Å². The summed E-state index contributed by atoms with van der Waals surface area (Å²) < 4.78 is 62.7. The average Bonchev–Trinajstić information content (AvgIpc) is 2.78. The van der Waals surface area contributed by atoms with Gasteiger partial charge in [0.1, 0.15) is 18.3 Å². The zero-order valence-electron chi connectivity index (χ0n) is 18.3. The first-order valence-corrected chi connectivity index (χ1v) is 11.8. The Labute approximate surface area is 204 Å². The summed E-state index contributed by atoms with van der Waals surface area (Å²) in [5.41, 5.74) is 0.340. The number of hydrogen-bond donors (Lipinski definition) is 0. The lowest BCUT2D eigenvalue weighted by atomic mass is 10.1. The van der Waals surface area contributed by atoms with Crippen LogP contribution in [0.3, 0.4) is 0 Å². The first-order valence-electron chi connectivity index (χ1n) is 10.7. The number of carbonyl (C=O) groups is 1. The van der Waals surface area contributed by atoms with Crippen molar-refractivity contribution >= 4 is 28.6 Å². The molecule has 1 fully saturated rings. The Bertz CT molecular complexity index is 922. The number of rotatable bonds is 8. The summed E-state index contributed by atoms with van der Waals surface area (Å²) >= 11 is 1.86. The lowest BCUT2D eigenvalue weighted by molar-refractivity contribution is -0.280. The van der Waals surface area contributed by atoms with Crippen LogP contribution < -0.4 is 0 Å². The number of carbonyl (C=O) groups excluding carboxylic acids is 1. The molecule has 1 unspecified atom stereocenters. The molecule has 0 saturated carbocycles. The maximum absolute atomic E-state index is 12.9. The fraction of sp³-hybridized carbons (Fsp3) is 0.458. The Hall–Kier alpha value is -1.69. The topological polar surface area (TPSA) is 54.0 Å². The third-order valence-corrected chi connectivity index (χ3v) is 6.25. The molecule has 3 rings (SSSR count). The van der Waals surface area contributed by atoms with E-state index in [9.17, 15) is 18.0 Å². The molecule has 4 atom stereocenters. The lowest BCUT2D eigenvalue weighted by Crippen LogP contribution is -2.51. The van der Waals surface area contributed by atoms with E-state index in [1.807, 2.05) is 35.6 Å². The molecule has 1 aliphatic heterocycles. The molecule has 0 aliphatic carbocycles. The van der Waals surface area contributed by atoms with E-state index >= 15 is 0 Å². The highest BCUT2D eigenvalue weighted by molar-refractivity contribution is 14.1. The van der Waals surface area contributed by atoms with Gasteiger partial charge in [0.2, 0.25) is 0 Å². The van der Waals surface area contributed by atoms with Crippen molar-refractivity contribution in [2.24, 2.45) is 0 Å². The van der Waals surface area contributed by atoms with Crippen LogP contribution in [-0.2, 0) is 31.7 Å². The minimum Gasteiger partial charge on any atom is -0.456 e. The summed E-state index contributed by atoms with van der Waals surface area (Å²) in [6.07, 6.45) is -5.09. The van der Waals surface area contributed by atoms with Gasteiger partial charge in [0.05, 0.1) is 24.3 Å². The molecule has 0 aromatic heterocycles. The summed E-state index contributed by atoms with van der Waals surface area (Å²) in [6.45, 7) is 4.04. The monoisotopic (exact) mass is 578 g/mol. The molecule has 1 saturated heterocycles. The summed E-state index contributed by atoms with van der Waals surface area (Å²) in [4.78, 5) is 12.5. The highest BCUT2D eigenvalue weighted by atomic mass is 127. The molecule has 33 heavy (non-hydrogen) atoms. The Kier molecular flexibility index (Phi) is 9.14. The second-order valence-electron chi connectivity index (χ2n) is 7.78. The highest BCUT2D eigenvalue weighted by Crippen LogP contribution is 2.32. The van der Waals surface area contributed by atoms with Crippen molar-refractivity contribution in [3.63, 3.8) is 0 Å². The third kappa shape index (κ3) is 7.14. The van der Waals surface area contributed by atoms with Crippen LogP contribution in [0.25, 0.3) is 0 Å². The zero-order chi connectivity index (χ0) is 24.0. The van der Waals surface area contributed by atoms with E-state index in [0.717, 1.165) is 18.6 Å². The number of benzene rings is 2. The van der Waals surface area contributed by atoms with Crippen LogP contribution in [-0.4, -0.2) is 37.2 Å². The SMILES string of the molecule is CCC[C@H]1OC[C@@H](OCc2ccc(C(F)(F)F)cc2I)[C@@H](C(C)OC(=O)c2ccccc2)O1. The maximum atomic E-state index is 12.9. The van der Waals surface area contributed by atoms with Crippen LogP contribution in [0.4, 0.5) is 13.2 Å². The molecule has 1 heterocycles. The molecule has 1 aliphatic rings. The normalized spacial score (nSPS) is 22.1. The molecule has 9 heteroatoms. The molecule has 5 nitrogen and oxygen atoms in total. The summed E-state index contributed by atoms with van der Waals surface area (Å²) in [5, 5.41) is 0. The van der Waals surface area contributed by atoms with Gasteiger partial charge in [-0.15, -0.1) is 0 Å². The van der Waals surface area contributed by atoms with E-state index in [4.69, 9.17) is 18.9 Å². The molecule has 0 bridgehead atoms. The predicted octanol–water partition coefficient (Wildman–Crippen LogP) is 5.98. The Morgan fingerprint density at radius 2 is 1.94 bits per heavy atom. The van der Waals surface area contributed by atoms with Crippen LogP contribution in [0, 0.1) is 3.57 Å². The molecule has 0 spiro atoms. The van der Waals surface area contributed by atoms with Crippen LogP contribution in [0.5, 0.6) is 0 Å². The van der Waals surface area contributed by atoms with Gasteiger partial charge in [0.25, 0.3) is 0 Å². The Morgan fingerprint density at radius 1 is 1.21 bits per heavy atom. The fourth-order valence-corrected chi connectivity index (χ4v) is 4.13. The highest BCUT2D eigenvalue weighted by Gasteiger charge is 2.38. The first-order chi connectivity index (χ1) is 15.7. The molecule has 0 radical (unpaired) electrons. The van der Waals surface area contributed by atoms with Crippen LogP contribution in [0.2, 0.25) is 0 Å². The minimum absolute atomic E-state index is 0.0715. The minimum atomic E-state index is -4.40. The number of alkyl halides is 3. The van der Waals surface area contributed by atoms with E-state index in [2.05, 4.69) is 0 Å².